The molecule has 10 nitrogen and oxygen atoms in total. The largest absolute Gasteiger partial charge is 0.346 e. The molecule has 0 aliphatic heterocycles. The molecule has 3 aromatic heterocycles. The van der Waals surface area contributed by atoms with Gasteiger partial charge in [-0.2, -0.15) is 4.31 Å². The Morgan fingerprint density at radius 2 is 2.03 bits per heavy atom. The van der Waals surface area contributed by atoms with Crippen LogP contribution in [0.5, 0.6) is 0 Å². The number of nitrogens with zero attached hydrogens (tertiary/aromatic N) is 4. The zero-order valence-electron chi connectivity index (χ0n) is 17.5. The maximum Gasteiger partial charge on any atom is 0.252 e. The minimum Gasteiger partial charge on any atom is -0.346 e. The molecule has 1 aliphatic carbocycles. The van der Waals surface area contributed by atoms with Gasteiger partial charge < -0.3 is 9.55 Å². The van der Waals surface area contributed by atoms with E-state index in [0.717, 1.165) is 27.7 Å². The van der Waals surface area contributed by atoms with Gasteiger partial charge in [0.2, 0.25) is 20.0 Å². The van der Waals surface area contributed by atoms with E-state index in [4.69, 9.17) is 0 Å². The molecule has 1 aliphatic rings. The van der Waals surface area contributed by atoms with Crippen LogP contribution < -0.4 is 4.72 Å². The number of hydrogen-bond donors (Lipinski definition) is 2. The number of fused-ring (bicyclic) bond motifs is 3. The Morgan fingerprint density at radius 3 is 2.69 bits per heavy atom. The molecule has 3 aromatic rings. The number of imidazole rings is 1. The van der Waals surface area contributed by atoms with Gasteiger partial charge in [-0.25, -0.2) is 40.3 Å². The van der Waals surface area contributed by atoms with E-state index in [-0.39, 0.29) is 12.6 Å². The molecule has 2 N–H and O–H groups in total. The molecule has 0 amide bonds. The van der Waals surface area contributed by atoms with Crippen LogP contribution in [-0.2, 0) is 26.6 Å². The Morgan fingerprint density at radius 1 is 1.28 bits per heavy atom. The van der Waals surface area contributed by atoms with E-state index in [1.165, 1.54) is 0 Å². The molecule has 0 unspecified atom stereocenters. The van der Waals surface area contributed by atoms with Crippen molar-refractivity contribution in [1.82, 2.24) is 28.5 Å². The molecule has 0 spiro atoms. The summed E-state index contributed by atoms with van der Waals surface area (Å²) >= 11 is 0. The molecule has 0 bridgehead atoms. The highest BCUT2D eigenvalue weighted by Crippen LogP contribution is 2.38. The van der Waals surface area contributed by atoms with Crippen molar-refractivity contribution >= 4 is 42.1 Å². The lowest BCUT2D eigenvalue weighted by atomic mass is 10.2. The average molecular weight is 491 g/mol. The number of aromatic nitrogens is 4. The van der Waals surface area contributed by atoms with Crippen molar-refractivity contribution in [3.05, 3.63) is 24.3 Å². The van der Waals surface area contributed by atoms with Gasteiger partial charge in [-0.3, -0.25) is 0 Å². The Hall–Kier alpha value is -2.16. The highest BCUT2D eigenvalue weighted by molar-refractivity contribution is 7.88. The molecule has 0 aromatic carbocycles. The molecule has 2 atom stereocenters. The molecular weight excluding hydrogens is 466 g/mol. The van der Waals surface area contributed by atoms with Gasteiger partial charge in [-0.15, -0.1) is 0 Å². The fourth-order valence-corrected chi connectivity index (χ4v) is 5.98. The first-order valence-electron chi connectivity index (χ1n) is 9.96. The van der Waals surface area contributed by atoms with E-state index in [1.807, 2.05) is 10.6 Å². The number of halogens is 2. The molecular formula is C18H24F2N6O4S2. The topological polar surface area (TPSA) is 130 Å². The van der Waals surface area contributed by atoms with E-state index < -0.39 is 39.1 Å². The normalized spacial score (nSPS) is 20.3. The smallest absolute Gasteiger partial charge is 0.252 e. The Labute approximate surface area is 184 Å². The second-order valence-electron chi connectivity index (χ2n) is 8.07. The highest BCUT2D eigenvalue weighted by atomic mass is 32.2. The SMILES string of the molecule is CS(=O)(=O)NCc1nc2cnc3[nH]ccc3c2n1[C@H]1CC[C@@H](N(CC(F)F)S(C)(=O)=O)C1. The van der Waals surface area contributed by atoms with Crippen LogP contribution in [0.2, 0.25) is 0 Å². The second kappa shape index (κ2) is 8.32. The number of rotatable bonds is 8. The maximum atomic E-state index is 13.1. The quantitative estimate of drug-likeness (QED) is 0.493. The number of H-pyrrole nitrogens is 1. The number of nitrogens with one attached hydrogen (secondary N) is 2. The van der Waals surface area contributed by atoms with Crippen LogP contribution in [0, 0.1) is 0 Å². The minimum absolute atomic E-state index is 0.0621. The molecule has 14 heteroatoms. The summed E-state index contributed by atoms with van der Waals surface area (Å²) < 4.78 is 79.0. The molecule has 3 heterocycles. The number of sulfonamides is 2. The van der Waals surface area contributed by atoms with E-state index in [0.29, 0.717) is 36.3 Å². The Balaban J connectivity index is 1.76. The Bertz CT molecular complexity index is 1350. The van der Waals surface area contributed by atoms with Crippen LogP contribution in [-0.4, -0.2) is 72.2 Å². The summed E-state index contributed by atoms with van der Waals surface area (Å²) in [5, 5.41) is 0.789. The number of aromatic amines is 1. The lowest BCUT2D eigenvalue weighted by Crippen LogP contribution is -2.41. The lowest BCUT2D eigenvalue weighted by Gasteiger charge is -2.26. The van der Waals surface area contributed by atoms with Gasteiger partial charge in [0.25, 0.3) is 6.43 Å². The summed E-state index contributed by atoms with van der Waals surface area (Å²) in [6.45, 7) is -0.914. The zero-order chi connectivity index (χ0) is 23.3. The van der Waals surface area contributed by atoms with E-state index in [9.17, 15) is 25.6 Å². The van der Waals surface area contributed by atoms with E-state index in [1.54, 1.807) is 12.4 Å². The van der Waals surface area contributed by atoms with Crippen LogP contribution in [0.1, 0.15) is 31.1 Å². The maximum absolute atomic E-state index is 13.1. The number of hydrogen-bond acceptors (Lipinski definition) is 6. The molecule has 0 radical (unpaired) electrons. The van der Waals surface area contributed by atoms with Gasteiger partial charge in [-0.05, 0) is 25.3 Å². The monoisotopic (exact) mass is 490 g/mol. The van der Waals surface area contributed by atoms with Gasteiger partial charge in [0.05, 0.1) is 37.3 Å². The summed E-state index contributed by atoms with van der Waals surface area (Å²) in [7, 11) is -7.31. The van der Waals surface area contributed by atoms with Crippen molar-refractivity contribution in [2.24, 2.45) is 0 Å². The third-order valence-electron chi connectivity index (χ3n) is 5.69. The molecule has 176 valence electrons. The average Bonchev–Trinajstić information content (AvgIpc) is 3.38. The van der Waals surface area contributed by atoms with Crippen LogP contribution in [0.4, 0.5) is 8.78 Å². The van der Waals surface area contributed by atoms with Gasteiger partial charge in [0.15, 0.2) is 0 Å². The standard InChI is InChI=1S/C18H24F2N6O4S2/c1-31(27,28)23-9-16-24-14-8-22-18-13(5-6-21-18)17(14)26(16)12-4-3-11(7-12)25(10-15(19)20)32(2,29)30/h5-6,8,11-12,15,23H,3-4,7,9-10H2,1-2H3,(H,21,22)/t11-,12+/m1/s1. The number of pyridine rings is 1. The summed E-state index contributed by atoms with van der Waals surface area (Å²) in [6.07, 6.45) is 3.77. The van der Waals surface area contributed by atoms with Gasteiger partial charge in [-0.1, -0.05) is 0 Å². The zero-order valence-corrected chi connectivity index (χ0v) is 19.1. The third kappa shape index (κ3) is 4.63. The van der Waals surface area contributed by atoms with Crippen molar-refractivity contribution < 1.29 is 25.6 Å². The van der Waals surface area contributed by atoms with E-state index >= 15 is 0 Å². The second-order valence-corrected chi connectivity index (χ2v) is 11.8. The predicted octanol–water partition coefficient (Wildman–Crippen LogP) is 1.58. The summed E-state index contributed by atoms with van der Waals surface area (Å²) in [5.74, 6) is 0.450. The van der Waals surface area contributed by atoms with Crippen molar-refractivity contribution in [2.75, 3.05) is 19.1 Å². The first kappa shape index (κ1) is 23.0. The first-order chi connectivity index (χ1) is 14.9. The fraction of sp³-hybridized carbons (Fsp3) is 0.556. The van der Waals surface area contributed by atoms with Crippen molar-refractivity contribution in [3.8, 4) is 0 Å². The van der Waals surface area contributed by atoms with Crippen LogP contribution in [0.3, 0.4) is 0 Å². The first-order valence-corrected chi connectivity index (χ1v) is 13.7. The molecule has 32 heavy (non-hydrogen) atoms. The van der Waals surface area contributed by atoms with Crippen molar-refractivity contribution in [3.63, 3.8) is 0 Å². The molecule has 4 rings (SSSR count). The predicted molar refractivity (Wildman–Crippen MR) is 115 cm³/mol. The molecule has 0 saturated heterocycles. The van der Waals surface area contributed by atoms with Crippen molar-refractivity contribution in [1.29, 1.82) is 0 Å². The fourth-order valence-electron chi connectivity index (χ4n) is 4.48. The summed E-state index contributed by atoms with van der Waals surface area (Å²) in [4.78, 5) is 11.9. The number of alkyl halides is 2. The summed E-state index contributed by atoms with van der Waals surface area (Å²) in [5.41, 5.74) is 1.94. The summed E-state index contributed by atoms with van der Waals surface area (Å²) in [6, 6.07) is 1.01. The van der Waals surface area contributed by atoms with Gasteiger partial charge in [0, 0.05) is 23.7 Å². The van der Waals surface area contributed by atoms with Crippen molar-refractivity contribution in [2.45, 2.75) is 44.3 Å². The molecule has 1 saturated carbocycles. The van der Waals surface area contributed by atoms with Crippen LogP contribution in [0.15, 0.2) is 18.5 Å². The van der Waals surface area contributed by atoms with Crippen LogP contribution >= 0.6 is 0 Å². The Kier molecular flexibility index (Phi) is 5.98. The van der Waals surface area contributed by atoms with Gasteiger partial charge in [0.1, 0.15) is 17.0 Å². The van der Waals surface area contributed by atoms with Gasteiger partial charge >= 0.3 is 0 Å². The molecule has 1 fully saturated rings. The lowest BCUT2D eigenvalue weighted by molar-refractivity contribution is 0.107. The highest BCUT2D eigenvalue weighted by Gasteiger charge is 2.37. The minimum atomic E-state index is -3.82. The van der Waals surface area contributed by atoms with E-state index in [2.05, 4.69) is 19.7 Å². The third-order valence-corrected chi connectivity index (χ3v) is 7.66. The van der Waals surface area contributed by atoms with Crippen LogP contribution in [0.25, 0.3) is 22.1 Å².